The predicted octanol–water partition coefficient (Wildman–Crippen LogP) is 4.41. The van der Waals surface area contributed by atoms with E-state index in [2.05, 4.69) is 29.4 Å². The zero-order chi connectivity index (χ0) is 20.0. The van der Waals surface area contributed by atoms with Crippen LogP contribution in [0.4, 0.5) is 0 Å². The van der Waals surface area contributed by atoms with E-state index in [0.29, 0.717) is 4.96 Å². The normalized spacial score (nSPS) is 12.0. The lowest BCUT2D eigenvalue weighted by atomic mass is 10.1. The molecule has 0 fully saturated rings. The van der Waals surface area contributed by atoms with E-state index in [1.54, 1.807) is 4.52 Å². The van der Waals surface area contributed by atoms with Crippen molar-refractivity contribution in [2.24, 2.45) is 5.14 Å². The zero-order valence-corrected chi connectivity index (χ0v) is 17.3. The Kier molecular flexibility index (Phi) is 4.39. The summed E-state index contributed by atoms with van der Waals surface area (Å²) in [7, 11) is -3.89. The van der Waals surface area contributed by atoms with Crippen LogP contribution in [0.25, 0.3) is 27.0 Å². The Morgan fingerprint density at radius 1 is 0.931 bits per heavy atom. The number of aromatic nitrogens is 3. The van der Waals surface area contributed by atoms with Crippen LogP contribution in [0.15, 0.2) is 87.1 Å². The van der Waals surface area contributed by atoms with Gasteiger partial charge in [-0.1, -0.05) is 77.7 Å². The van der Waals surface area contributed by atoms with Gasteiger partial charge in [0.2, 0.25) is 9.30 Å². The van der Waals surface area contributed by atoms with Gasteiger partial charge in [0.15, 0.2) is 0 Å². The van der Waals surface area contributed by atoms with Gasteiger partial charge in [0.1, 0.15) is 10.7 Å². The van der Waals surface area contributed by atoms with Gasteiger partial charge in [0, 0.05) is 10.5 Å². The first kappa shape index (κ1) is 18.3. The fourth-order valence-corrected chi connectivity index (χ4v) is 5.61. The van der Waals surface area contributed by atoms with Crippen LogP contribution in [0.2, 0.25) is 0 Å². The quantitative estimate of drug-likeness (QED) is 0.449. The molecule has 0 spiro atoms. The fraction of sp³-hybridized carbons (Fsp3) is 0. The molecule has 0 aliphatic carbocycles. The lowest BCUT2D eigenvalue weighted by Crippen LogP contribution is -2.12. The molecule has 29 heavy (non-hydrogen) atoms. The molecule has 2 aromatic heterocycles. The molecular formula is C20H14N4O2S3. The number of hydrogen-bond donors (Lipinski definition) is 1. The molecule has 0 unspecified atom stereocenters. The second-order valence-electron chi connectivity index (χ2n) is 6.35. The molecule has 144 valence electrons. The van der Waals surface area contributed by atoms with E-state index < -0.39 is 10.0 Å². The van der Waals surface area contributed by atoms with Crippen LogP contribution in [0.3, 0.4) is 0 Å². The lowest BCUT2D eigenvalue weighted by Gasteiger charge is -2.05. The number of primary sulfonamides is 1. The summed E-state index contributed by atoms with van der Waals surface area (Å²) in [5.41, 5.74) is 1.70. The molecule has 0 aliphatic rings. The minimum Gasteiger partial charge on any atom is -0.223 e. The Hall–Kier alpha value is -2.72. The van der Waals surface area contributed by atoms with Gasteiger partial charge in [-0.15, -0.1) is 5.10 Å². The first-order valence-corrected chi connectivity index (χ1v) is 11.8. The van der Waals surface area contributed by atoms with Crippen molar-refractivity contribution in [3.63, 3.8) is 0 Å². The number of sulfonamides is 1. The number of hydrogen-bond acceptors (Lipinski definition) is 6. The third-order valence-corrected chi connectivity index (χ3v) is 7.65. The minimum absolute atomic E-state index is 0.153. The van der Waals surface area contributed by atoms with Gasteiger partial charge in [0.25, 0.3) is 10.0 Å². The Labute approximate surface area is 175 Å². The van der Waals surface area contributed by atoms with Crippen molar-refractivity contribution < 1.29 is 8.42 Å². The largest absolute Gasteiger partial charge is 0.267 e. The summed E-state index contributed by atoms with van der Waals surface area (Å²) < 4.78 is 24.9. The molecule has 0 saturated carbocycles. The highest BCUT2D eigenvalue weighted by Crippen LogP contribution is 2.38. The van der Waals surface area contributed by atoms with Crippen molar-refractivity contribution >= 4 is 48.9 Å². The molecular weight excluding hydrogens is 424 g/mol. The van der Waals surface area contributed by atoms with Gasteiger partial charge >= 0.3 is 0 Å². The van der Waals surface area contributed by atoms with Gasteiger partial charge in [-0.2, -0.15) is 4.52 Å². The van der Waals surface area contributed by atoms with Crippen molar-refractivity contribution in [2.45, 2.75) is 14.3 Å². The van der Waals surface area contributed by atoms with E-state index in [9.17, 15) is 8.42 Å². The average Bonchev–Trinajstić information content (AvgIpc) is 3.28. The highest BCUT2D eigenvalue weighted by Gasteiger charge is 2.23. The average molecular weight is 439 g/mol. The molecule has 2 heterocycles. The number of fused-ring (bicyclic) bond motifs is 2. The molecule has 0 saturated heterocycles. The Balaban J connectivity index is 1.72. The van der Waals surface area contributed by atoms with Crippen LogP contribution >= 0.6 is 23.1 Å². The van der Waals surface area contributed by atoms with E-state index in [4.69, 9.17) is 10.1 Å². The van der Waals surface area contributed by atoms with Gasteiger partial charge in [0.05, 0.1) is 0 Å². The van der Waals surface area contributed by atoms with Crippen LogP contribution in [-0.2, 0) is 10.0 Å². The monoisotopic (exact) mass is 438 g/mol. The molecule has 0 radical (unpaired) electrons. The van der Waals surface area contributed by atoms with Crippen LogP contribution in [0.1, 0.15) is 0 Å². The molecule has 5 rings (SSSR count). The SMILES string of the molecule is NS(=O)(=O)c1nn2c(Sc3ccccc3)c(-c3ccc4ccccc4c3)nc2s1. The van der Waals surface area contributed by atoms with E-state index in [1.165, 1.54) is 11.8 Å². The van der Waals surface area contributed by atoms with Crippen molar-refractivity contribution in [3.8, 4) is 11.3 Å². The number of imidazole rings is 1. The Morgan fingerprint density at radius 2 is 1.66 bits per heavy atom. The Morgan fingerprint density at radius 3 is 2.41 bits per heavy atom. The van der Waals surface area contributed by atoms with E-state index in [1.807, 2.05) is 48.5 Å². The van der Waals surface area contributed by atoms with E-state index in [-0.39, 0.29) is 4.34 Å². The standard InChI is InChI=1S/C20H14N4O2S3/c21-29(25,26)20-23-24-18(27-16-8-2-1-3-9-16)17(22-19(24)28-20)15-11-10-13-6-4-5-7-14(13)12-15/h1-12H,(H2,21,25,26). The summed E-state index contributed by atoms with van der Waals surface area (Å²) in [4.78, 5) is 6.18. The zero-order valence-electron chi connectivity index (χ0n) is 14.9. The highest BCUT2D eigenvalue weighted by atomic mass is 32.2. The summed E-state index contributed by atoms with van der Waals surface area (Å²) in [5, 5.41) is 12.5. The third kappa shape index (κ3) is 3.42. The number of rotatable bonds is 4. The van der Waals surface area contributed by atoms with Crippen LogP contribution in [-0.4, -0.2) is 23.0 Å². The topological polar surface area (TPSA) is 90.4 Å². The minimum atomic E-state index is -3.89. The maximum Gasteiger partial charge on any atom is 0.267 e. The second kappa shape index (κ2) is 6.96. The van der Waals surface area contributed by atoms with E-state index >= 15 is 0 Å². The molecule has 6 nitrogen and oxygen atoms in total. The molecule has 5 aromatic rings. The van der Waals surface area contributed by atoms with Gasteiger partial charge in [-0.05, 0) is 29.0 Å². The molecule has 0 amide bonds. The number of benzene rings is 3. The Bertz CT molecular complexity index is 1460. The van der Waals surface area contributed by atoms with Crippen molar-refractivity contribution in [1.29, 1.82) is 0 Å². The number of nitrogens with zero attached hydrogens (tertiary/aromatic N) is 3. The van der Waals surface area contributed by atoms with Gasteiger partial charge in [-0.3, -0.25) is 0 Å². The number of nitrogens with two attached hydrogens (primary N) is 1. The molecule has 3 aromatic carbocycles. The van der Waals surface area contributed by atoms with Crippen molar-refractivity contribution in [1.82, 2.24) is 14.6 Å². The summed E-state index contributed by atoms with van der Waals surface area (Å²) in [6.07, 6.45) is 0. The lowest BCUT2D eigenvalue weighted by molar-refractivity contribution is 0.594. The maximum atomic E-state index is 11.7. The second-order valence-corrected chi connectivity index (χ2v) is 10.1. The summed E-state index contributed by atoms with van der Waals surface area (Å²) >= 11 is 2.45. The van der Waals surface area contributed by atoms with Crippen LogP contribution in [0.5, 0.6) is 0 Å². The summed E-state index contributed by atoms with van der Waals surface area (Å²) in [6, 6.07) is 24.1. The van der Waals surface area contributed by atoms with Crippen molar-refractivity contribution in [2.75, 3.05) is 0 Å². The highest BCUT2D eigenvalue weighted by molar-refractivity contribution is 7.99. The van der Waals surface area contributed by atoms with E-state index in [0.717, 1.165) is 43.3 Å². The van der Waals surface area contributed by atoms with Gasteiger partial charge < -0.3 is 0 Å². The smallest absolute Gasteiger partial charge is 0.223 e. The molecule has 0 atom stereocenters. The van der Waals surface area contributed by atoms with Gasteiger partial charge in [-0.25, -0.2) is 18.5 Å². The molecule has 9 heteroatoms. The van der Waals surface area contributed by atoms with Crippen LogP contribution in [0, 0.1) is 0 Å². The maximum absolute atomic E-state index is 11.7. The predicted molar refractivity (Wildman–Crippen MR) is 116 cm³/mol. The summed E-state index contributed by atoms with van der Waals surface area (Å²) in [5.74, 6) is 0. The molecule has 2 N–H and O–H groups in total. The van der Waals surface area contributed by atoms with Crippen molar-refractivity contribution in [3.05, 3.63) is 72.8 Å². The van der Waals surface area contributed by atoms with Crippen LogP contribution < -0.4 is 5.14 Å². The fourth-order valence-electron chi connectivity index (χ4n) is 3.04. The third-order valence-electron chi connectivity index (χ3n) is 4.37. The molecule has 0 bridgehead atoms. The summed E-state index contributed by atoms with van der Waals surface area (Å²) in [6.45, 7) is 0. The first-order chi connectivity index (χ1) is 14.0. The molecule has 0 aliphatic heterocycles. The first-order valence-electron chi connectivity index (χ1n) is 8.63.